The van der Waals surface area contributed by atoms with Crippen LogP contribution in [-0.2, 0) is 16.2 Å². The highest BCUT2D eigenvalue weighted by Gasteiger charge is 2.44. The second-order valence-electron chi connectivity index (χ2n) is 37.6. The Hall–Kier alpha value is -17.8. The van der Waals surface area contributed by atoms with Gasteiger partial charge in [0.2, 0.25) is 0 Å². The van der Waals surface area contributed by atoms with E-state index in [4.69, 9.17) is 66.9 Å². The Labute approximate surface area is 791 Å². The number of hydrogen-bond donors (Lipinski definition) is 0. The lowest BCUT2D eigenvalue weighted by molar-refractivity contribution is 0.657. The normalized spacial score (nSPS) is 13.5. The van der Waals surface area contributed by atoms with Crippen LogP contribution in [0.4, 0.5) is 0 Å². The Balaban J connectivity index is 0.000000104. The van der Waals surface area contributed by atoms with Crippen molar-refractivity contribution < 1.29 is 22.1 Å². The van der Waals surface area contributed by atoms with E-state index in [1.54, 1.807) is 0 Å². The van der Waals surface area contributed by atoms with Crippen molar-refractivity contribution >= 4 is 120 Å². The molecule has 0 saturated heterocycles. The van der Waals surface area contributed by atoms with Crippen LogP contribution in [0.3, 0.4) is 0 Å². The minimum absolute atomic E-state index is 0.217. The molecule has 0 unspecified atom stereocenters. The Morgan fingerprint density at radius 2 is 0.486 bits per heavy atom. The summed E-state index contributed by atoms with van der Waals surface area (Å²) in [6, 6.07) is 131. The molecule has 0 fully saturated rings. The average Bonchev–Trinajstić information content (AvgIpc) is 1.54. The van der Waals surface area contributed by atoms with E-state index < -0.39 is 0 Å². The SMILES string of the molecule is CC1(C)c2ccccc2-c2c(-c3nc(-c4ccccc4)nc(-c4cccc5ccccc45)n3)cc3oc4ccccc4c3c21.CC1(C)c2ccccc2-c2c(-c3nc(-c4ccccc4)nc(-c4cccc5oc6ccccc6c45)n3)cc3oc4ccccc4c3c21.CC1(C)c2ccccc2-c2cc(-c3nc(-c4ccccc4)nc(-c4cccc5c4oc4ccccc45)n3)c3oc4ccccc4c3c21. The molecule has 3 aliphatic carbocycles. The molecular formula is C124H81N9O5. The molecule has 18 aromatic carbocycles. The molecule has 8 heterocycles. The number of benzene rings is 18. The lowest BCUT2D eigenvalue weighted by atomic mass is 9.80. The summed E-state index contributed by atoms with van der Waals surface area (Å²) in [5, 5.41) is 13.1. The summed E-state index contributed by atoms with van der Waals surface area (Å²) < 4.78 is 32.6. The van der Waals surface area contributed by atoms with Gasteiger partial charge in [0.25, 0.3) is 0 Å². The Bertz CT molecular complexity index is 9590. The fourth-order valence-electron chi connectivity index (χ4n) is 22.3. The first kappa shape index (κ1) is 79.9. The molecule has 3 aliphatic rings. The topological polar surface area (TPSA) is 182 Å². The molecule has 14 nitrogen and oxygen atoms in total. The van der Waals surface area contributed by atoms with Crippen LogP contribution in [0.15, 0.2) is 404 Å². The molecule has 138 heavy (non-hydrogen) atoms. The molecule has 0 saturated carbocycles. The van der Waals surface area contributed by atoms with Gasteiger partial charge in [-0.2, -0.15) is 0 Å². The monoisotopic (exact) mass is 1780 g/mol. The van der Waals surface area contributed by atoms with E-state index >= 15 is 0 Å². The van der Waals surface area contributed by atoms with Crippen molar-refractivity contribution in [1.29, 1.82) is 0 Å². The van der Waals surface area contributed by atoms with E-state index in [-0.39, 0.29) is 16.2 Å². The zero-order valence-corrected chi connectivity index (χ0v) is 75.9. The van der Waals surface area contributed by atoms with Crippen LogP contribution in [0.2, 0.25) is 0 Å². The first-order valence-corrected chi connectivity index (χ1v) is 46.7. The van der Waals surface area contributed by atoms with Crippen molar-refractivity contribution in [3.8, 4) is 136 Å². The van der Waals surface area contributed by atoms with Crippen LogP contribution in [0.25, 0.3) is 256 Å². The van der Waals surface area contributed by atoms with Crippen molar-refractivity contribution in [2.24, 2.45) is 0 Å². The third-order valence-electron chi connectivity index (χ3n) is 28.5. The molecule has 0 spiro atoms. The van der Waals surface area contributed by atoms with Crippen LogP contribution < -0.4 is 0 Å². The summed E-state index contributed by atoms with van der Waals surface area (Å²) in [5.41, 5.74) is 30.4. The Morgan fingerprint density at radius 3 is 1.01 bits per heavy atom. The molecule has 0 radical (unpaired) electrons. The number of fused-ring (bicyclic) bond motifs is 28. The van der Waals surface area contributed by atoms with Crippen LogP contribution in [-0.4, -0.2) is 44.9 Å². The smallest absolute Gasteiger partial charge is 0.167 e. The second kappa shape index (κ2) is 30.6. The van der Waals surface area contributed by atoms with Gasteiger partial charge in [-0.25, -0.2) is 44.9 Å². The molecule has 652 valence electrons. The van der Waals surface area contributed by atoms with Crippen LogP contribution >= 0.6 is 0 Å². The van der Waals surface area contributed by atoms with Crippen LogP contribution in [0, 0.1) is 0 Å². The molecule has 8 aromatic heterocycles. The lowest BCUT2D eigenvalue weighted by Crippen LogP contribution is -2.15. The standard InChI is InChI=1S/2C42H27N3O2.C40H27N3O/c1-42(2)32-20-9-6-15-25(32)30-23-31(38-35(36(30)42)28-17-8-11-22-34(28)47-38)41-44-39(24-13-4-3-5-14-24)43-40(45-41)29-19-12-18-27-26-16-7-10-21-33(26)46-37(27)29;1-42(2)30-19-9-6-15-25(30)36-29(23-34-37(38(36)42)27-17-8-11-21-32(27)47-34)41-44-39(24-13-4-3-5-14-24)43-40(45-41)28-18-12-22-33-35(28)26-16-7-10-20-31(26)46-33;1-40(2)31-21-10-8-18-28(31)34-30(23-33-35(36(34)40)29-19-9-11-22-32(29)44-33)39-42-37(25-14-4-3-5-15-25)41-38(43-39)27-20-12-16-24-13-6-7-17-26(24)27/h2*3-23H,1-2H3;3-23H,1-2H3. The maximum absolute atomic E-state index is 6.74. The lowest BCUT2D eigenvalue weighted by Gasteiger charge is -2.22. The number of furan rings is 5. The number of aromatic nitrogens is 9. The predicted molar refractivity (Wildman–Crippen MR) is 555 cm³/mol. The zero-order chi connectivity index (χ0) is 92.0. The summed E-state index contributed by atoms with van der Waals surface area (Å²) in [6.45, 7) is 13.9. The Kier molecular flexibility index (Phi) is 17.8. The largest absolute Gasteiger partial charge is 0.456 e. The van der Waals surface area contributed by atoms with E-state index in [1.807, 2.05) is 176 Å². The first-order chi connectivity index (χ1) is 67.7. The van der Waals surface area contributed by atoms with Gasteiger partial charge in [0.15, 0.2) is 52.4 Å². The van der Waals surface area contributed by atoms with Crippen LogP contribution in [0.1, 0.15) is 74.9 Å². The maximum atomic E-state index is 6.74. The molecule has 0 bridgehead atoms. The first-order valence-electron chi connectivity index (χ1n) is 46.7. The summed E-state index contributed by atoms with van der Waals surface area (Å²) in [5.74, 6) is 5.41. The molecular weight excluding hydrogens is 1700 g/mol. The molecule has 0 atom stereocenters. The van der Waals surface area contributed by atoms with Gasteiger partial charge in [-0.15, -0.1) is 0 Å². The van der Waals surface area contributed by atoms with Crippen molar-refractivity contribution in [2.75, 3.05) is 0 Å². The number of hydrogen-bond acceptors (Lipinski definition) is 14. The van der Waals surface area contributed by atoms with Gasteiger partial charge >= 0.3 is 0 Å². The molecule has 0 aliphatic heterocycles. The minimum Gasteiger partial charge on any atom is -0.456 e. The van der Waals surface area contributed by atoms with Gasteiger partial charge in [-0.05, 0) is 138 Å². The Morgan fingerprint density at radius 1 is 0.174 bits per heavy atom. The van der Waals surface area contributed by atoms with Crippen molar-refractivity contribution in [2.45, 2.75) is 57.8 Å². The fraction of sp³-hybridized carbons (Fsp3) is 0.0726. The van der Waals surface area contributed by atoms with Crippen molar-refractivity contribution in [1.82, 2.24) is 44.9 Å². The summed E-state index contributed by atoms with van der Waals surface area (Å²) in [4.78, 5) is 46.5. The van der Waals surface area contributed by atoms with Gasteiger partial charge in [-0.3, -0.25) is 0 Å². The quantitative estimate of drug-likeness (QED) is 0.133. The highest BCUT2D eigenvalue weighted by atomic mass is 16.3. The third-order valence-corrected chi connectivity index (χ3v) is 28.5. The number of para-hydroxylation sites is 6. The highest BCUT2D eigenvalue weighted by molar-refractivity contribution is 6.19. The molecule has 0 amide bonds. The van der Waals surface area contributed by atoms with Gasteiger partial charge in [0.05, 0.1) is 11.1 Å². The maximum Gasteiger partial charge on any atom is 0.167 e. The number of nitrogens with zero attached hydrogens (tertiary/aromatic N) is 9. The molecule has 26 aromatic rings. The summed E-state index contributed by atoms with van der Waals surface area (Å²) in [6.07, 6.45) is 0. The van der Waals surface area contributed by atoms with Crippen molar-refractivity contribution in [3.05, 3.63) is 416 Å². The van der Waals surface area contributed by atoms with Crippen LogP contribution in [0.5, 0.6) is 0 Å². The van der Waals surface area contributed by atoms with Crippen molar-refractivity contribution in [3.63, 3.8) is 0 Å². The van der Waals surface area contributed by atoms with Gasteiger partial charge in [-0.1, -0.05) is 363 Å². The molecule has 29 rings (SSSR count). The van der Waals surface area contributed by atoms with E-state index in [9.17, 15) is 0 Å². The van der Waals surface area contributed by atoms with E-state index in [0.29, 0.717) is 52.4 Å². The van der Waals surface area contributed by atoms with Gasteiger partial charge in [0.1, 0.15) is 55.8 Å². The fourth-order valence-corrected chi connectivity index (χ4v) is 22.3. The van der Waals surface area contributed by atoms with E-state index in [1.165, 1.54) is 61.2 Å². The van der Waals surface area contributed by atoms with Gasteiger partial charge in [0, 0.05) is 109 Å². The van der Waals surface area contributed by atoms with E-state index in [0.717, 1.165) is 176 Å². The highest BCUT2D eigenvalue weighted by Crippen LogP contribution is 2.60. The zero-order valence-electron chi connectivity index (χ0n) is 75.9. The summed E-state index contributed by atoms with van der Waals surface area (Å²) >= 11 is 0. The second-order valence-corrected chi connectivity index (χ2v) is 37.6. The minimum atomic E-state index is -0.272. The average molecular weight is 1780 g/mol. The third kappa shape index (κ3) is 12.3. The predicted octanol–water partition coefficient (Wildman–Crippen LogP) is 32.2. The molecule has 0 N–H and O–H groups in total. The number of rotatable bonds is 9. The summed E-state index contributed by atoms with van der Waals surface area (Å²) in [7, 11) is 0. The van der Waals surface area contributed by atoms with E-state index in [2.05, 4.69) is 248 Å². The van der Waals surface area contributed by atoms with Gasteiger partial charge < -0.3 is 22.1 Å². The molecule has 14 heteroatoms.